The maximum atomic E-state index is 14.1. The van der Waals surface area contributed by atoms with E-state index in [4.69, 9.17) is 4.74 Å². The lowest BCUT2D eigenvalue weighted by molar-refractivity contribution is 0.0521. The summed E-state index contributed by atoms with van der Waals surface area (Å²) in [5, 5.41) is 0. The quantitative estimate of drug-likeness (QED) is 0.794. The van der Waals surface area contributed by atoms with E-state index in [9.17, 15) is 9.18 Å². The van der Waals surface area contributed by atoms with Crippen molar-refractivity contribution in [3.8, 4) is 0 Å². The number of hydrogen-bond acceptors (Lipinski definition) is 3. The van der Waals surface area contributed by atoms with Gasteiger partial charge < -0.3 is 9.64 Å². The van der Waals surface area contributed by atoms with Crippen LogP contribution in [0.15, 0.2) is 24.4 Å². The minimum absolute atomic E-state index is 0.0116. The number of halogens is 1. The van der Waals surface area contributed by atoms with Crippen molar-refractivity contribution in [3.05, 3.63) is 41.3 Å². The van der Waals surface area contributed by atoms with Crippen molar-refractivity contribution in [1.29, 1.82) is 0 Å². The first-order valence-corrected chi connectivity index (χ1v) is 7.12. The smallest absolute Gasteiger partial charge is 0.341 e. The Labute approximate surface area is 118 Å². The molecule has 4 rings (SSSR count). The molecule has 0 spiro atoms. The Hall–Kier alpha value is -1.84. The van der Waals surface area contributed by atoms with Crippen molar-refractivity contribution in [1.82, 2.24) is 4.90 Å². The summed E-state index contributed by atoms with van der Waals surface area (Å²) in [7, 11) is 0. The fourth-order valence-corrected chi connectivity index (χ4v) is 3.02. The van der Waals surface area contributed by atoms with E-state index in [1.807, 2.05) is 6.07 Å². The molecule has 0 unspecified atom stereocenters. The molecule has 2 bridgehead atoms. The summed E-state index contributed by atoms with van der Waals surface area (Å²) in [6, 6.07) is 4.81. The number of nitrogens with zero attached hydrogens (tertiary/aromatic N) is 1. The van der Waals surface area contributed by atoms with Gasteiger partial charge in [0.1, 0.15) is 5.82 Å². The number of carbonyl (C=O) groups excluding carboxylic acids is 1. The molecule has 0 radical (unpaired) electrons. The fourth-order valence-electron chi connectivity index (χ4n) is 3.02. The number of ether oxygens (including phenoxy) is 1. The molecule has 0 aromatic heterocycles. The molecule has 0 amide bonds. The van der Waals surface area contributed by atoms with E-state index in [1.54, 1.807) is 6.92 Å². The van der Waals surface area contributed by atoms with Crippen molar-refractivity contribution in [2.75, 3.05) is 19.7 Å². The number of benzene rings is 1. The molecule has 1 saturated heterocycles. The molecule has 3 nitrogen and oxygen atoms in total. The summed E-state index contributed by atoms with van der Waals surface area (Å²) in [5.74, 6) is -0.578. The third-order valence-electron chi connectivity index (χ3n) is 4.09. The third-order valence-corrected chi connectivity index (χ3v) is 4.09. The molecule has 1 aromatic rings. The Morgan fingerprint density at radius 3 is 2.70 bits per heavy atom. The minimum Gasteiger partial charge on any atom is -0.462 e. The predicted octanol–water partition coefficient (Wildman–Crippen LogP) is 3.07. The van der Waals surface area contributed by atoms with Crippen LogP contribution in [0.2, 0.25) is 0 Å². The number of rotatable bonds is 3. The second-order valence-electron chi connectivity index (χ2n) is 5.31. The van der Waals surface area contributed by atoms with Crippen LogP contribution in [0.4, 0.5) is 4.39 Å². The summed E-state index contributed by atoms with van der Waals surface area (Å²) < 4.78 is 18.9. The van der Waals surface area contributed by atoms with Crippen molar-refractivity contribution < 1.29 is 13.9 Å². The monoisotopic (exact) mass is 275 g/mol. The number of fused-ring (bicyclic) bond motifs is 2. The number of carbonyl (C=O) groups is 1. The fraction of sp³-hybridized carbons (Fsp3) is 0.438. The van der Waals surface area contributed by atoms with Gasteiger partial charge in [-0.2, -0.15) is 0 Å². The SMILES string of the molecule is CCOC(=O)c1ccc(C2=CN3CCC2CC3)cc1F. The van der Waals surface area contributed by atoms with E-state index in [2.05, 4.69) is 11.1 Å². The van der Waals surface area contributed by atoms with Crippen LogP contribution in [-0.4, -0.2) is 30.6 Å². The lowest BCUT2D eigenvalue weighted by Crippen LogP contribution is -2.35. The molecule has 3 aliphatic rings. The number of hydrogen-bond donors (Lipinski definition) is 0. The number of piperidine rings is 1. The molecule has 3 heterocycles. The molecule has 20 heavy (non-hydrogen) atoms. The molecule has 0 aliphatic carbocycles. The van der Waals surface area contributed by atoms with Crippen molar-refractivity contribution >= 4 is 11.5 Å². The van der Waals surface area contributed by atoms with E-state index in [-0.39, 0.29) is 12.2 Å². The molecule has 106 valence electrons. The van der Waals surface area contributed by atoms with Gasteiger partial charge in [0.15, 0.2) is 0 Å². The normalized spacial score (nSPS) is 18.1. The minimum atomic E-state index is -0.598. The molecule has 1 fully saturated rings. The Morgan fingerprint density at radius 1 is 1.40 bits per heavy atom. The molecule has 0 N–H and O–H groups in total. The molecule has 0 atom stereocenters. The van der Waals surface area contributed by atoms with Crippen LogP contribution in [0, 0.1) is 11.7 Å². The first kappa shape index (κ1) is 13.2. The average Bonchev–Trinajstić information content (AvgIpc) is 2.48. The number of allylic oxidation sites excluding steroid dienone is 1. The zero-order valence-corrected chi connectivity index (χ0v) is 11.6. The highest BCUT2D eigenvalue weighted by atomic mass is 19.1. The summed E-state index contributed by atoms with van der Waals surface area (Å²) in [6.45, 7) is 4.15. The zero-order valence-electron chi connectivity index (χ0n) is 11.6. The predicted molar refractivity (Wildman–Crippen MR) is 74.6 cm³/mol. The first-order chi connectivity index (χ1) is 9.69. The van der Waals surface area contributed by atoms with Gasteiger partial charge in [-0.1, -0.05) is 6.07 Å². The molecular weight excluding hydrogens is 257 g/mol. The van der Waals surface area contributed by atoms with Gasteiger partial charge >= 0.3 is 5.97 Å². The highest BCUT2D eigenvalue weighted by molar-refractivity contribution is 5.90. The van der Waals surface area contributed by atoms with Crippen molar-refractivity contribution in [2.24, 2.45) is 5.92 Å². The highest BCUT2D eigenvalue weighted by Crippen LogP contribution is 2.37. The van der Waals surface area contributed by atoms with Crippen LogP contribution in [0.25, 0.3) is 5.57 Å². The Morgan fingerprint density at radius 2 is 2.15 bits per heavy atom. The van der Waals surface area contributed by atoms with Gasteiger partial charge in [0.2, 0.25) is 0 Å². The van der Waals surface area contributed by atoms with Gasteiger partial charge in [0, 0.05) is 19.3 Å². The van der Waals surface area contributed by atoms with E-state index in [0.717, 1.165) is 31.5 Å². The molecule has 0 saturated carbocycles. The van der Waals surface area contributed by atoms with Crippen LogP contribution in [0.3, 0.4) is 0 Å². The molecular formula is C16H18FNO2. The highest BCUT2D eigenvalue weighted by Gasteiger charge is 2.28. The zero-order chi connectivity index (χ0) is 14.1. The standard InChI is InChI=1S/C16H18FNO2/c1-2-20-16(19)13-4-3-12(9-15(13)17)14-10-18-7-5-11(14)6-8-18/h3-4,9-11H,2,5-8H2,1H3. The second kappa shape index (κ2) is 5.27. The summed E-state index contributed by atoms with van der Waals surface area (Å²) >= 11 is 0. The van der Waals surface area contributed by atoms with Crippen LogP contribution in [-0.2, 0) is 4.74 Å². The Bertz CT molecular complexity index is 560. The van der Waals surface area contributed by atoms with Crippen molar-refractivity contribution in [2.45, 2.75) is 19.8 Å². The second-order valence-corrected chi connectivity index (χ2v) is 5.31. The van der Waals surface area contributed by atoms with Gasteiger partial charge in [0.25, 0.3) is 0 Å². The largest absolute Gasteiger partial charge is 0.462 e. The van der Waals surface area contributed by atoms with Gasteiger partial charge in [-0.3, -0.25) is 0 Å². The van der Waals surface area contributed by atoms with E-state index in [1.165, 1.54) is 17.7 Å². The van der Waals surface area contributed by atoms with Gasteiger partial charge in [0.05, 0.1) is 12.2 Å². The van der Waals surface area contributed by atoms with Crippen LogP contribution in [0.1, 0.15) is 35.7 Å². The first-order valence-electron chi connectivity index (χ1n) is 7.12. The topological polar surface area (TPSA) is 29.5 Å². The van der Waals surface area contributed by atoms with Crippen LogP contribution in [0.5, 0.6) is 0 Å². The molecule has 4 heteroatoms. The summed E-state index contributed by atoms with van der Waals surface area (Å²) in [4.78, 5) is 13.9. The van der Waals surface area contributed by atoms with Crippen LogP contribution >= 0.6 is 0 Å². The van der Waals surface area contributed by atoms with Crippen LogP contribution < -0.4 is 0 Å². The Balaban J connectivity index is 1.89. The lowest BCUT2D eigenvalue weighted by Gasteiger charge is -2.39. The maximum absolute atomic E-state index is 14.1. The summed E-state index contributed by atoms with van der Waals surface area (Å²) in [5.41, 5.74) is 2.08. The lowest BCUT2D eigenvalue weighted by atomic mass is 9.82. The van der Waals surface area contributed by atoms with Gasteiger partial charge in [-0.25, -0.2) is 9.18 Å². The van der Waals surface area contributed by atoms with E-state index in [0.29, 0.717) is 5.92 Å². The summed E-state index contributed by atoms with van der Waals surface area (Å²) in [6.07, 6.45) is 4.40. The molecule has 3 aliphatic heterocycles. The third kappa shape index (κ3) is 2.30. The maximum Gasteiger partial charge on any atom is 0.341 e. The average molecular weight is 275 g/mol. The molecule has 1 aromatic carbocycles. The number of esters is 1. The van der Waals surface area contributed by atoms with Gasteiger partial charge in [-0.15, -0.1) is 0 Å². The van der Waals surface area contributed by atoms with Crippen molar-refractivity contribution in [3.63, 3.8) is 0 Å². The van der Waals surface area contributed by atoms with Gasteiger partial charge in [-0.05, 0) is 49.0 Å². The Kier molecular flexibility index (Phi) is 3.47. The van der Waals surface area contributed by atoms with E-state index >= 15 is 0 Å². The van der Waals surface area contributed by atoms with E-state index < -0.39 is 11.8 Å².